The Kier molecular flexibility index (Phi) is 5.11. The molecule has 1 aromatic carbocycles. The lowest BCUT2D eigenvalue weighted by Gasteiger charge is -2.20. The third-order valence-electron chi connectivity index (χ3n) is 5.40. The summed E-state index contributed by atoms with van der Waals surface area (Å²) in [6.07, 6.45) is -1.12. The molecule has 0 aliphatic carbocycles. The number of rotatable bonds is 3. The van der Waals surface area contributed by atoms with E-state index in [1.807, 2.05) is 18.5 Å². The van der Waals surface area contributed by atoms with Crippen LogP contribution < -0.4 is 9.04 Å². The van der Waals surface area contributed by atoms with Crippen LogP contribution in [0, 0.1) is 0 Å². The maximum absolute atomic E-state index is 13.5. The van der Waals surface area contributed by atoms with E-state index in [1.54, 1.807) is 30.1 Å². The quantitative estimate of drug-likeness (QED) is 0.475. The van der Waals surface area contributed by atoms with Crippen LogP contribution in [-0.2, 0) is 6.18 Å². The third kappa shape index (κ3) is 3.62. The van der Waals surface area contributed by atoms with Gasteiger partial charge in [-0.1, -0.05) is 12.1 Å². The number of halogens is 3. The minimum atomic E-state index is -4.54. The lowest BCUT2D eigenvalue weighted by molar-refractivity contribution is -0.140. The molecular formula is C22H20F3N5OS. The first-order chi connectivity index (χ1) is 15.3. The van der Waals surface area contributed by atoms with Gasteiger partial charge in [-0.25, -0.2) is 4.68 Å². The van der Waals surface area contributed by atoms with Gasteiger partial charge in [0.1, 0.15) is 12.1 Å². The van der Waals surface area contributed by atoms with E-state index < -0.39 is 11.9 Å². The number of fused-ring (bicyclic) bond motifs is 2. The van der Waals surface area contributed by atoms with Gasteiger partial charge in [0.2, 0.25) is 5.95 Å². The van der Waals surface area contributed by atoms with E-state index in [0.717, 1.165) is 34.6 Å². The van der Waals surface area contributed by atoms with Crippen molar-refractivity contribution in [1.82, 2.24) is 19.7 Å². The Labute approximate surface area is 187 Å². The lowest BCUT2D eigenvalue weighted by atomic mass is 9.96. The fraction of sp³-hybridized carbons (Fsp3) is 0.318. The normalized spacial score (nSPS) is 16.1. The highest BCUT2D eigenvalue weighted by Gasteiger charge is 2.36. The number of anilines is 1. The van der Waals surface area contributed by atoms with E-state index in [0.29, 0.717) is 24.5 Å². The molecule has 0 saturated heterocycles. The first-order valence-electron chi connectivity index (χ1n) is 10.2. The van der Waals surface area contributed by atoms with Crippen molar-refractivity contribution in [2.45, 2.75) is 32.5 Å². The molecule has 6 nitrogen and oxygen atoms in total. The van der Waals surface area contributed by atoms with Crippen LogP contribution in [0.5, 0.6) is 5.75 Å². The Morgan fingerprint density at radius 3 is 2.75 bits per heavy atom. The van der Waals surface area contributed by atoms with Crippen molar-refractivity contribution in [3.8, 4) is 16.9 Å². The van der Waals surface area contributed by atoms with Gasteiger partial charge < -0.3 is 4.74 Å². The van der Waals surface area contributed by atoms with Gasteiger partial charge in [0.25, 0.3) is 0 Å². The Morgan fingerprint density at radius 2 is 1.97 bits per heavy atom. The van der Waals surface area contributed by atoms with Crippen molar-refractivity contribution in [1.29, 1.82) is 0 Å². The molecule has 0 N–H and O–H groups in total. The van der Waals surface area contributed by atoms with E-state index >= 15 is 0 Å². The van der Waals surface area contributed by atoms with Gasteiger partial charge in [-0.2, -0.15) is 23.3 Å². The van der Waals surface area contributed by atoms with E-state index in [9.17, 15) is 13.2 Å². The summed E-state index contributed by atoms with van der Waals surface area (Å²) in [6.45, 7) is 5.14. The second-order valence-electron chi connectivity index (χ2n) is 7.83. The Balaban J connectivity index is 1.55. The van der Waals surface area contributed by atoms with Gasteiger partial charge >= 0.3 is 6.18 Å². The largest absolute Gasteiger partial charge is 0.493 e. The molecule has 3 aromatic rings. The van der Waals surface area contributed by atoms with Crippen molar-refractivity contribution in [2.24, 2.45) is 0 Å². The van der Waals surface area contributed by atoms with Crippen molar-refractivity contribution in [3.63, 3.8) is 0 Å². The molecule has 10 heteroatoms. The summed E-state index contributed by atoms with van der Waals surface area (Å²) in [5.74, 6) is 1.42. The SMILES string of the molecule is CC(C)n1ncnc1N1CC2=C(CCOc3ccc(-c4cccnc4C(F)(F)F)cc32)S1. The zero-order chi connectivity index (χ0) is 22.5. The summed E-state index contributed by atoms with van der Waals surface area (Å²) < 4.78 is 50.5. The molecule has 0 amide bonds. The molecule has 2 aromatic heterocycles. The van der Waals surface area contributed by atoms with Crippen LogP contribution in [0.1, 0.15) is 37.6 Å². The van der Waals surface area contributed by atoms with Crippen LogP contribution in [-0.4, -0.2) is 32.9 Å². The molecule has 0 radical (unpaired) electrons. The summed E-state index contributed by atoms with van der Waals surface area (Å²) in [5, 5.41) is 4.32. The number of aromatic nitrogens is 4. The van der Waals surface area contributed by atoms with Crippen molar-refractivity contribution >= 4 is 23.5 Å². The molecule has 4 heterocycles. The number of hydrogen-bond donors (Lipinski definition) is 0. The average molecular weight is 459 g/mol. The standard InChI is InChI=1S/C22H20F3N5OS/c1-13(2)30-21(27-12-28-30)29-11-17-16-10-14(5-6-18(16)31-9-7-19(17)32-29)15-4-3-8-26-20(15)22(23,24)25/h3-6,8,10,12-13H,7,9,11H2,1-2H3. The molecule has 5 rings (SSSR count). The Bertz CT molecular complexity index is 1200. The first kappa shape index (κ1) is 20.9. The van der Waals surface area contributed by atoms with Gasteiger partial charge in [-0.3, -0.25) is 9.29 Å². The summed E-state index contributed by atoms with van der Waals surface area (Å²) in [4.78, 5) is 9.15. The lowest BCUT2D eigenvalue weighted by Crippen LogP contribution is -2.19. The molecule has 0 saturated carbocycles. The molecule has 0 unspecified atom stereocenters. The van der Waals surface area contributed by atoms with Crippen LogP contribution in [0.25, 0.3) is 16.7 Å². The fourth-order valence-corrected chi connectivity index (χ4v) is 5.09. The summed E-state index contributed by atoms with van der Waals surface area (Å²) in [7, 11) is 0. The molecule has 0 atom stereocenters. The predicted octanol–water partition coefficient (Wildman–Crippen LogP) is 5.60. The van der Waals surface area contributed by atoms with Gasteiger partial charge in [0.15, 0.2) is 5.69 Å². The number of benzene rings is 1. The van der Waals surface area contributed by atoms with E-state index in [4.69, 9.17) is 4.74 Å². The maximum atomic E-state index is 13.5. The van der Waals surface area contributed by atoms with Crippen molar-refractivity contribution < 1.29 is 17.9 Å². The molecule has 0 bridgehead atoms. The maximum Gasteiger partial charge on any atom is 0.433 e. The molecule has 32 heavy (non-hydrogen) atoms. The highest BCUT2D eigenvalue weighted by Crippen LogP contribution is 2.47. The van der Waals surface area contributed by atoms with Gasteiger partial charge in [-0.15, -0.1) is 0 Å². The zero-order valence-electron chi connectivity index (χ0n) is 17.4. The minimum absolute atomic E-state index is 0.0521. The second kappa shape index (κ2) is 7.84. The fourth-order valence-electron chi connectivity index (χ4n) is 3.96. The molecule has 2 aliphatic rings. The number of pyridine rings is 1. The van der Waals surface area contributed by atoms with Crippen molar-refractivity contribution in [2.75, 3.05) is 17.5 Å². The number of nitrogens with zero attached hydrogens (tertiary/aromatic N) is 5. The smallest absolute Gasteiger partial charge is 0.433 e. The number of ether oxygens (including phenoxy) is 1. The third-order valence-corrected chi connectivity index (χ3v) is 6.59. The monoisotopic (exact) mass is 459 g/mol. The van der Waals surface area contributed by atoms with E-state index in [-0.39, 0.29) is 11.6 Å². The average Bonchev–Trinajstić information content (AvgIpc) is 3.37. The van der Waals surface area contributed by atoms with Gasteiger partial charge in [0, 0.05) is 28.6 Å². The molecule has 0 fully saturated rings. The molecular weight excluding hydrogens is 439 g/mol. The highest BCUT2D eigenvalue weighted by atomic mass is 32.2. The zero-order valence-corrected chi connectivity index (χ0v) is 18.2. The molecule has 0 spiro atoms. The second-order valence-corrected chi connectivity index (χ2v) is 8.95. The Morgan fingerprint density at radius 1 is 1.12 bits per heavy atom. The highest BCUT2D eigenvalue weighted by molar-refractivity contribution is 8.04. The van der Waals surface area contributed by atoms with E-state index in [2.05, 4.69) is 19.4 Å². The van der Waals surface area contributed by atoms with Gasteiger partial charge in [0.05, 0.1) is 19.2 Å². The summed E-state index contributed by atoms with van der Waals surface area (Å²) in [6, 6.07) is 8.31. The minimum Gasteiger partial charge on any atom is -0.493 e. The first-order valence-corrected chi connectivity index (χ1v) is 11.0. The molecule has 2 aliphatic heterocycles. The number of alkyl halides is 3. The summed E-state index contributed by atoms with van der Waals surface area (Å²) in [5.41, 5.74) is 1.46. The topological polar surface area (TPSA) is 56.1 Å². The van der Waals surface area contributed by atoms with E-state index in [1.165, 1.54) is 18.5 Å². The van der Waals surface area contributed by atoms with Gasteiger partial charge in [-0.05, 0) is 55.1 Å². The van der Waals surface area contributed by atoms with Crippen molar-refractivity contribution in [3.05, 3.63) is 59.0 Å². The van der Waals surface area contributed by atoms with Crippen LogP contribution >= 0.6 is 11.9 Å². The van der Waals surface area contributed by atoms with Crippen LogP contribution in [0.2, 0.25) is 0 Å². The predicted molar refractivity (Wildman–Crippen MR) is 117 cm³/mol. The van der Waals surface area contributed by atoms with Crippen LogP contribution in [0.3, 0.4) is 0 Å². The number of hydrogen-bond acceptors (Lipinski definition) is 6. The van der Waals surface area contributed by atoms with Crippen LogP contribution in [0.15, 0.2) is 47.8 Å². The summed E-state index contributed by atoms with van der Waals surface area (Å²) >= 11 is 1.59. The van der Waals surface area contributed by atoms with Crippen LogP contribution in [0.4, 0.5) is 19.1 Å². The Hall–Kier alpha value is -3.01. The molecule has 166 valence electrons.